The second kappa shape index (κ2) is 4.94. The molecule has 16 heavy (non-hydrogen) atoms. The van der Waals surface area contributed by atoms with Crippen molar-refractivity contribution in [1.29, 1.82) is 5.26 Å². The van der Waals surface area contributed by atoms with Crippen molar-refractivity contribution in [1.82, 2.24) is 9.97 Å². The average Bonchev–Trinajstić information content (AvgIpc) is 2.83. The number of hydrogen-bond donors (Lipinski definition) is 1. The highest BCUT2D eigenvalue weighted by Gasteiger charge is 1.97. The molecule has 0 fully saturated rings. The van der Waals surface area contributed by atoms with Gasteiger partial charge in [0, 0.05) is 13.0 Å². The number of hydrogen-bond acceptors (Lipinski definition) is 5. The molecular formula is C11H10N4O. The van der Waals surface area contributed by atoms with E-state index in [9.17, 15) is 0 Å². The first kappa shape index (κ1) is 10.2. The predicted octanol–water partition coefficient (Wildman–Crippen LogP) is 1.60. The lowest BCUT2D eigenvalue weighted by atomic mass is 10.3. The number of nitriles is 1. The molecule has 0 aromatic carbocycles. The zero-order chi connectivity index (χ0) is 11.2. The van der Waals surface area contributed by atoms with Gasteiger partial charge in [-0.25, -0.2) is 9.97 Å². The Labute approximate surface area is 92.8 Å². The summed E-state index contributed by atoms with van der Waals surface area (Å²) in [7, 11) is 0. The van der Waals surface area contributed by atoms with Crippen molar-refractivity contribution >= 4 is 5.82 Å². The maximum atomic E-state index is 8.54. The molecule has 2 heterocycles. The average molecular weight is 214 g/mol. The lowest BCUT2D eigenvalue weighted by Gasteiger charge is -2.02. The molecule has 0 aliphatic rings. The summed E-state index contributed by atoms with van der Waals surface area (Å²) in [5, 5.41) is 11.6. The molecule has 0 atom stereocenters. The summed E-state index contributed by atoms with van der Waals surface area (Å²) >= 11 is 0. The number of nitrogens with one attached hydrogen (secondary N) is 1. The van der Waals surface area contributed by atoms with Crippen LogP contribution in [0.5, 0.6) is 0 Å². The van der Waals surface area contributed by atoms with E-state index in [1.807, 2.05) is 18.2 Å². The molecule has 1 N–H and O–H groups in total. The van der Waals surface area contributed by atoms with Crippen LogP contribution in [0.4, 0.5) is 5.82 Å². The number of nitrogens with zero attached hydrogens (tertiary/aromatic N) is 3. The van der Waals surface area contributed by atoms with Gasteiger partial charge in [-0.05, 0) is 12.1 Å². The topological polar surface area (TPSA) is 74.7 Å². The molecular weight excluding hydrogens is 204 g/mol. The maximum Gasteiger partial charge on any atom is 0.158 e. The van der Waals surface area contributed by atoms with Crippen molar-refractivity contribution in [3.8, 4) is 6.07 Å². The van der Waals surface area contributed by atoms with Crippen LogP contribution in [-0.4, -0.2) is 16.5 Å². The molecule has 0 amide bonds. The second-order valence-electron chi connectivity index (χ2n) is 3.15. The Morgan fingerprint density at radius 2 is 2.31 bits per heavy atom. The molecule has 0 radical (unpaired) electrons. The van der Waals surface area contributed by atoms with Gasteiger partial charge in [0.25, 0.3) is 0 Å². The van der Waals surface area contributed by atoms with Crippen LogP contribution in [0, 0.1) is 11.3 Å². The van der Waals surface area contributed by atoms with E-state index in [-0.39, 0.29) is 0 Å². The van der Waals surface area contributed by atoms with E-state index in [4.69, 9.17) is 9.68 Å². The highest BCUT2D eigenvalue weighted by atomic mass is 16.3. The first-order valence-electron chi connectivity index (χ1n) is 4.87. The maximum absolute atomic E-state index is 8.54. The number of anilines is 1. The van der Waals surface area contributed by atoms with Crippen LogP contribution in [-0.2, 0) is 6.42 Å². The Morgan fingerprint density at radius 3 is 2.94 bits per heavy atom. The Balaban J connectivity index is 1.83. The molecule has 0 spiro atoms. The van der Waals surface area contributed by atoms with Crippen LogP contribution in [0.2, 0.25) is 0 Å². The number of rotatable bonds is 4. The van der Waals surface area contributed by atoms with E-state index in [2.05, 4.69) is 15.3 Å². The summed E-state index contributed by atoms with van der Waals surface area (Å²) < 4.78 is 5.19. The van der Waals surface area contributed by atoms with E-state index in [1.54, 1.807) is 12.5 Å². The van der Waals surface area contributed by atoms with Crippen molar-refractivity contribution in [2.75, 3.05) is 11.9 Å². The van der Waals surface area contributed by atoms with Crippen molar-refractivity contribution in [3.05, 3.63) is 42.2 Å². The number of furan rings is 1. The molecule has 0 aliphatic carbocycles. The summed E-state index contributed by atoms with van der Waals surface area (Å²) in [5.74, 6) is 1.58. The van der Waals surface area contributed by atoms with E-state index in [0.717, 1.165) is 12.2 Å². The fraction of sp³-hybridized carbons (Fsp3) is 0.182. The third-order valence-electron chi connectivity index (χ3n) is 2.02. The van der Waals surface area contributed by atoms with Crippen molar-refractivity contribution in [2.24, 2.45) is 0 Å². The number of aromatic nitrogens is 2. The summed E-state index contributed by atoms with van der Waals surface area (Å²) in [4.78, 5) is 7.94. The summed E-state index contributed by atoms with van der Waals surface area (Å²) in [5.41, 5.74) is 0.316. The Morgan fingerprint density at radius 1 is 1.38 bits per heavy atom. The fourth-order valence-electron chi connectivity index (χ4n) is 1.25. The van der Waals surface area contributed by atoms with Gasteiger partial charge in [0.05, 0.1) is 18.7 Å². The molecule has 2 aromatic rings. The predicted molar refractivity (Wildman–Crippen MR) is 57.6 cm³/mol. The molecule has 5 nitrogen and oxygen atoms in total. The van der Waals surface area contributed by atoms with Crippen molar-refractivity contribution in [3.63, 3.8) is 0 Å². The molecule has 0 saturated carbocycles. The third kappa shape index (κ3) is 2.58. The molecule has 2 rings (SSSR count). The van der Waals surface area contributed by atoms with E-state index >= 15 is 0 Å². The summed E-state index contributed by atoms with van der Waals surface area (Å²) in [6.45, 7) is 0.716. The van der Waals surface area contributed by atoms with E-state index in [1.165, 1.54) is 6.20 Å². The van der Waals surface area contributed by atoms with Gasteiger partial charge in [-0.1, -0.05) is 0 Å². The summed E-state index contributed by atoms with van der Waals surface area (Å²) in [6.07, 6.45) is 5.42. The largest absolute Gasteiger partial charge is 0.469 e. The monoisotopic (exact) mass is 214 g/mol. The van der Waals surface area contributed by atoms with E-state index in [0.29, 0.717) is 18.1 Å². The van der Waals surface area contributed by atoms with E-state index < -0.39 is 0 Å². The van der Waals surface area contributed by atoms with Gasteiger partial charge < -0.3 is 9.73 Å². The van der Waals surface area contributed by atoms with Crippen LogP contribution in [0.25, 0.3) is 0 Å². The summed E-state index contributed by atoms with van der Waals surface area (Å²) in [6, 6.07) is 5.70. The lowest BCUT2D eigenvalue weighted by Crippen LogP contribution is -2.06. The molecule has 80 valence electrons. The fourth-order valence-corrected chi connectivity index (χ4v) is 1.25. The SMILES string of the molecule is N#Cc1cnc(NCCc2ccco2)cn1. The van der Waals surface area contributed by atoms with Crippen molar-refractivity contribution < 1.29 is 4.42 Å². The molecule has 2 aromatic heterocycles. The highest BCUT2D eigenvalue weighted by Crippen LogP contribution is 2.03. The highest BCUT2D eigenvalue weighted by molar-refractivity contribution is 5.33. The van der Waals surface area contributed by atoms with Gasteiger partial charge in [0.15, 0.2) is 5.69 Å². The molecule has 0 unspecified atom stereocenters. The molecule has 5 heteroatoms. The second-order valence-corrected chi connectivity index (χ2v) is 3.15. The normalized spacial score (nSPS) is 9.69. The third-order valence-corrected chi connectivity index (χ3v) is 2.02. The molecule has 0 aliphatic heterocycles. The van der Waals surface area contributed by atoms with Crippen LogP contribution < -0.4 is 5.32 Å². The van der Waals surface area contributed by atoms with Crippen molar-refractivity contribution in [2.45, 2.75) is 6.42 Å². The minimum atomic E-state index is 0.316. The van der Waals surface area contributed by atoms with Gasteiger partial charge >= 0.3 is 0 Å². The Kier molecular flexibility index (Phi) is 3.14. The Hall–Kier alpha value is -2.35. The quantitative estimate of drug-likeness (QED) is 0.836. The van der Waals surface area contributed by atoms with Gasteiger partial charge in [0.1, 0.15) is 17.6 Å². The zero-order valence-corrected chi connectivity index (χ0v) is 8.55. The van der Waals surface area contributed by atoms with Gasteiger partial charge in [0.2, 0.25) is 0 Å². The molecule has 0 saturated heterocycles. The Bertz CT molecular complexity index is 470. The van der Waals surface area contributed by atoms with Crippen LogP contribution in [0.3, 0.4) is 0 Å². The van der Waals surface area contributed by atoms with Gasteiger partial charge in [-0.15, -0.1) is 0 Å². The minimum Gasteiger partial charge on any atom is -0.469 e. The van der Waals surface area contributed by atoms with Crippen LogP contribution in [0.1, 0.15) is 11.5 Å². The van der Waals surface area contributed by atoms with Gasteiger partial charge in [-0.2, -0.15) is 5.26 Å². The minimum absolute atomic E-state index is 0.316. The lowest BCUT2D eigenvalue weighted by molar-refractivity contribution is 0.513. The standard InChI is InChI=1S/C11H10N4O/c12-6-9-7-15-11(8-14-9)13-4-3-10-2-1-5-16-10/h1-2,5,7-8H,3-4H2,(H,13,15). The van der Waals surface area contributed by atoms with Crippen LogP contribution in [0.15, 0.2) is 35.2 Å². The molecule has 0 bridgehead atoms. The first-order chi connectivity index (χ1) is 7.88. The first-order valence-corrected chi connectivity index (χ1v) is 4.87. The smallest absolute Gasteiger partial charge is 0.158 e. The zero-order valence-electron chi connectivity index (χ0n) is 8.55. The van der Waals surface area contributed by atoms with Gasteiger partial charge in [-0.3, -0.25) is 0 Å². The van der Waals surface area contributed by atoms with Crippen LogP contribution >= 0.6 is 0 Å².